The highest BCUT2D eigenvalue weighted by molar-refractivity contribution is 6.10. The highest BCUT2D eigenvalue weighted by Crippen LogP contribution is 2.42. The fourth-order valence-corrected chi connectivity index (χ4v) is 4.40. The van der Waals surface area contributed by atoms with Crippen molar-refractivity contribution >= 4 is 22.6 Å². The first-order valence-electron chi connectivity index (χ1n) is 11.3. The number of nitrogens with zero attached hydrogens (tertiary/aromatic N) is 1. The van der Waals surface area contributed by atoms with Crippen molar-refractivity contribution in [1.29, 1.82) is 0 Å². The predicted molar refractivity (Wildman–Crippen MR) is 129 cm³/mol. The summed E-state index contributed by atoms with van der Waals surface area (Å²) >= 11 is 0. The Bertz CT molecular complexity index is 1490. The summed E-state index contributed by atoms with van der Waals surface area (Å²) in [6.07, 6.45) is 0.852. The molecule has 0 N–H and O–H groups in total. The lowest BCUT2D eigenvalue weighted by Gasteiger charge is -2.26. The van der Waals surface area contributed by atoms with Crippen molar-refractivity contribution in [3.05, 3.63) is 105 Å². The lowest BCUT2D eigenvalue weighted by atomic mass is 9.97. The first-order chi connectivity index (χ1) is 16.4. The third kappa shape index (κ3) is 3.55. The topological polar surface area (TPSA) is 59.8 Å². The molecule has 3 aromatic carbocycles. The van der Waals surface area contributed by atoms with E-state index in [1.54, 1.807) is 4.90 Å². The number of carbonyl (C=O) groups is 1. The minimum atomic E-state index is -0.737. The molecule has 1 unspecified atom stereocenters. The van der Waals surface area contributed by atoms with E-state index in [-0.39, 0.29) is 22.3 Å². The number of aryl methyl sites for hydroxylation is 2. The second-order valence-corrected chi connectivity index (χ2v) is 8.58. The first kappa shape index (κ1) is 21.9. The highest BCUT2D eigenvalue weighted by Gasteiger charge is 2.43. The Labute approximate surface area is 196 Å². The minimum Gasteiger partial charge on any atom is -0.494 e. The third-order valence-electron chi connectivity index (χ3n) is 6.25. The van der Waals surface area contributed by atoms with Gasteiger partial charge in [0.15, 0.2) is 5.43 Å². The van der Waals surface area contributed by atoms with Crippen LogP contribution in [0.2, 0.25) is 0 Å². The molecule has 0 fully saturated rings. The van der Waals surface area contributed by atoms with E-state index < -0.39 is 23.2 Å². The number of benzene rings is 3. The van der Waals surface area contributed by atoms with Crippen molar-refractivity contribution in [2.24, 2.45) is 0 Å². The Morgan fingerprint density at radius 1 is 1.00 bits per heavy atom. The number of hydrogen-bond acceptors (Lipinski definition) is 4. The number of fused-ring (bicyclic) bond motifs is 2. The maximum atomic E-state index is 14.0. The van der Waals surface area contributed by atoms with Gasteiger partial charge in [-0.3, -0.25) is 14.5 Å². The first-order valence-corrected chi connectivity index (χ1v) is 11.3. The van der Waals surface area contributed by atoms with E-state index in [9.17, 15) is 14.0 Å². The quantitative estimate of drug-likeness (QED) is 0.364. The van der Waals surface area contributed by atoms with Gasteiger partial charge in [0.1, 0.15) is 17.1 Å². The van der Waals surface area contributed by atoms with E-state index >= 15 is 0 Å². The Balaban J connectivity index is 1.77. The van der Waals surface area contributed by atoms with Gasteiger partial charge < -0.3 is 9.15 Å². The Morgan fingerprint density at radius 3 is 2.59 bits per heavy atom. The van der Waals surface area contributed by atoms with Gasteiger partial charge in [0.25, 0.3) is 5.91 Å². The smallest absolute Gasteiger partial charge is 0.295 e. The molecule has 6 heteroatoms. The molecule has 5 rings (SSSR count). The molecule has 172 valence electrons. The van der Waals surface area contributed by atoms with Crippen molar-refractivity contribution in [3.8, 4) is 5.75 Å². The van der Waals surface area contributed by atoms with Gasteiger partial charge >= 0.3 is 0 Å². The van der Waals surface area contributed by atoms with Gasteiger partial charge in [0.05, 0.1) is 23.6 Å². The number of ether oxygens (including phenoxy) is 1. The number of amides is 1. The summed E-state index contributed by atoms with van der Waals surface area (Å²) in [4.78, 5) is 28.9. The zero-order chi connectivity index (χ0) is 24.0. The molecular formula is C28H24FNO4. The van der Waals surface area contributed by atoms with Crippen LogP contribution in [0, 0.1) is 19.7 Å². The summed E-state index contributed by atoms with van der Waals surface area (Å²) < 4.78 is 25.7. The molecule has 1 aliphatic heterocycles. The van der Waals surface area contributed by atoms with Crippen LogP contribution in [0.3, 0.4) is 0 Å². The molecule has 1 aliphatic rings. The van der Waals surface area contributed by atoms with Gasteiger partial charge in [0.2, 0.25) is 5.76 Å². The van der Waals surface area contributed by atoms with E-state index in [0.29, 0.717) is 23.6 Å². The Morgan fingerprint density at radius 2 is 1.82 bits per heavy atom. The summed E-state index contributed by atoms with van der Waals surface area (Å²) in [5, 5.41) is 0.108. The molecule has 0 saturated heterocycles. The molecule has 1 atom stereocenters. The van der Waals surface area contributed by atoms with Crippen LogP contribution in [0.25, 0.3) is 11.0 Å². The van der Waals surface area contributed by atoms with E-state index in [1.807, 2.05) is 63.2 Å². The lowest BCUT2D eigenvalue weighted by Crippen LogP contribution is -2.29. The molecule has 1 amide bonds. The third-order valence-corrected chi connectivity index (χ3v) is 6.25. The fourth-order valence-electron chi connectivity index (χ4n) is 4.40. The molecule has 5 nitrogen and oxygen atoms in total. The lowest BCUT2D eigenvalue weighted by molar-refractivity contribution is 0.0971. The minimum absolute atomic E-state index is 0.0211. The predicted octanol–water partition coefficient (Wildman–Crippen LogP) is 6.09. The molecule has 0 aliphatic carbocycles. The van der Waals surface area contributed by atoms with Crippen LogP contribution in [0.4, 0.5) is 10.1 Å². The Kier molecular flexibility index (Phi) is 5.44. The molecule has 0 bridgehead atoms. The van der Waals surface area contributed by atoms with Crippen LogP contribution >= 0.6 is 0 Å². The maximum absolute atomic E-state index is 14.0. The number of hydrogen-bond donors (Lipinski definition) is 0. The summed E-state index contributed by atoms with van der Waals surface area (Å²) in [7, 11) is 0. The van der Waals surface area contributed by atoms with Gasteiger partial charge in [-0.1, -0.05) is 25.1 Å². The van der Waals surface area contributed by atoms with Crippen molar-refractivity contribution < 1.29 is 18.3 Å². The van der Waals surface area contributed by atoms with Gasteiger partial charge in [-0.05, 0) is 79.4 Å². The fraction of sp³-hybridized carbons (Fsp3) is 0.214. The number of halogens is 1. The second-order valence-electron chi connectivity index (χ2n) is 8.58. The van der Waals surface area contributed by atoms with Crippen molar-refractivity contribution in [2.45, 2.75) is 33.2 Å². The van der Waals surface area contributed by atoms with E-state index in [1.165, 1.54) is 12.1 Å². The van der Waals surface area contributed by atoms with Crippen LogP contribution in [-0.2, 0) is 0 Å². The number of anilines is 1. The number of carbonyl (C=O) groups excluding carboxylic acids is 1. The Hall–Kier alpha value is -3.93. The van der Waals surface area contributed by atoms with Crippen molar-refractivity contribution in [3.63, 3.8) is 0 Å². The van der Waals surface area contributed by atoms with Gasteiger partial charge in [-0.15, -0.1) is 0 Å². The molecule has 4 aromatic rings. The second kappa shape index (κ2) is 8.45. The molecule has 0 saturated carbocycles. The van der Waals surface area contributed by atoms with Crippen LogP contribution in [0.1, 0.15) is 52.2 Å². The van der Waals surface area contributed by atoms with Crippen LogP contribution in [0.5, 0.6) is 5.75 Å². The molecule has 34 heavy (non-hydrogen) atoms. The highest BCUT2D eigenvalue weighted by atomic mass is 19.1. The average molecular weight is 458 g/mol. The van der Waals surface area contributed by atoms with Gasteiger partial charge in [-0.25, -0.2) is 4.39 Å². The van der Waals surface area contributed by atoms with E-state index in [0.717, 1.165) is 23.6 Å². The maximum Gasteiger partial charge on any atom is 0.295 e. The largest absolute Gasteiger partial charge is 0.494 e. The zero-order valence-corrected chi connectivity index (χ0v) is 19.2. The summed E-state index contributed by atoms with van der Waals surface area (Å²) in [5.74, 6) is -0.322. The SMILES string of the molecule is CCCOc1cccc(C2c3c(oc4ccc(F)cc4c3=O)C(=O)N2c2ccc(C)c(C)c2)c1. The van der Waals surface area contributed by atoms with Crippen LogP contribution < -0.4 is 15.1 Å². The monoisotopic (exact) mass is 457 g/mol. The van der Waals surface area contributed by atoms with Crippen molar-refractivity contribution in [1.82, 2.24) is 0 Å². The molecule has 0 radical (unpaired) electrons. The summed E-state index contributed by atoms with van der Waals surface area (Å²) in [6.45, 7) is 6.54. The van der Waals surface area contributed by atoms with Gasteiger partial charge in [0, 0.05) is 5.69 Å². The molecule has 2 heterocycles. The zero-order valence-electron chi connectivity index (χ0n) is 19.2. The normalized spacial score (nSPS) is 15.1. The average Bonchev–Trinajstić information content (AvgIpc) is 3.13. The summed E-state index contributed by atoms with van der Waals surface area (Å²) in [5.41, 5.74) is 3.44. The van der Waals surface area contributed by atoms with Crippen LogP contribution in [0.15, 0.2) is 69.9 Å². The molecular weight excluding hydrogens is 433 g/mol. The van der Waals surface area contributed by atoms with Crippen molar-refractivity contribution in [2.75, 3.05) is 11.5 Å². The van der Waals surface area contributed by atoms with E-state index in [4.69, 9.17) is 9.15 Å². The van der Waals surface area contributed by atoms with Crippen LogP contribution in [-0.4, -0.2) is 12.5 Å². The summed E-state index contributed by atoms with van der Waals surface area (Å²) in [6, 6.07) is 16.1. The molecule has 0 spiro atoms. The van der Waals surface area contributed by atoms with E-state index in [2.05, 4.69) is 0 Å². The molecule has 1 aromatic heterocycles. The number of rotatable bonds is 5. The standard InChI is InChI=1S/C28H24FNO4/c1-4-12-33-21-7-5-6-18(14-21)25-24-26(31)22-15-19(29)9-11-23(22)34-27(24)28(32)30(25)20-10-8-16(2)17(3)13-20/h5-11,13-15,25H,4,12H2,1-3H3. The van der Waals surface area contributed by atoms with Gasteiger partial charge in [-0.2, -0.15) is 0 Å².